The second kappa shape index (κ2) is 7.41. The number of amides is 1. The number of thiophene rings is 1. The molecule has 3 aromatic rings. The molecular weight excluding hydrogens is 344 g/mol. The number of benzene rings is 1. The maximum atomic E-state index is 12.2. The molecule has 2 aromatic heterocycles. The molecule has 2 heterocycles. The number of H-pyrrole nitrogens is 1. The van der Waals surface area contributed by atoms with Crippen molar-refractivity contribution in [2.45, 2.75) is 13.0 Å². The van der Waals surface area contributed by atoms with Crippen molar-refractivity contribution in [2.75, 3.05) is 12.4 Å². The van der Waals surface area contributed by atoms with Crippen LogP contribution in [0.1, 0.15) is 6.42 Å². The van der Waals surface area contributed by atoms with Crippen LogP contribution in [-0.4, -0.2) is 27.8 Å². The number of aromatic amines is 1. The lowest BCUT2D eigenvalue weighted by Gasteiger charge is -2.10. The molecule has 0 bridgehead atoms. The topological polar surface area (TPSA) is 71.9 Å². The first-order chi connectivity index (χ1) is 11.7. The summed E-state index contributed by atoms with van der Waals surface area (Å²) < 4.78 is 7.57. The summed E-state index contributed by atoms with van der Waals surface area (Å²) in [6.07, 6.45) is 0.282. The first-order valence-electron chi connectivity index (χ1n) is 7.31. The molecule has 0 fully saturated rings. The highest BCUT2D eigenvalue weighted by Gasteiger charge is 2.12. The number of para-hydroxylation sites is 2. The fourth-order valence-electron chi connectivity index (χ4n) is 2.29. The van der Waals surface area contributed by atoms with E-state index in [0.29, 0.717) is 22.8 Å². The number of methoxy groups -OCH3 is 1. The van der Waals surface area contributed by atoms with Gasteiger partial charge in [-0.05, 0) is 35.8 Å². The van der Waals surface area contributed by atoms with Gasteiger partial charge in [0.1, 0.15) is 5.75 Å². The number of hydrogen-bond acceptors (Lipinski definition) is 5. The molecule has 24 heavy (non-hydrogen) atoms. The fraction of sp³-hybridized carbons (Fsp3) is 0.188. The van der Waals surface area contributed by atoms with E-state index in [2.05, 4.69) is 15.5 Å². The molecule has 0 atom stereocenters. The molecule has 6 nitrogen and oxygen atoms in total. The van der Waals surface area contributed by atoms with Crippen molar-refractivity contribution < 1.29 is 9.53 Å². The van der Waals surface area contributed by atoms with Crippen LogP contribution in [0.2, 0.25) is 0 Å². The predicted octanol–water partition coefficient (Wildman–Crippen LogP) is 3.71. The van der Waals surface area contributed by atoms with Gasteiger partial charge in [0.15, 0.2) is 10.6 Å². The van der Waals surface area contributed by atoms with Gasteiger partial charge in [-0.2, -0.15) is 5.10 Å². The molecule has 124 valence electrons. The lowest BCUT2D eigenvalue weighted by Crippen LogP contribution is -2.15. The number of anilines is 1. The molecule has 0 radical (unpaired) electrons. The minimum Gasteiger partial charge on any atom is -0.495 e. The third-order valence-electron chi connectivity index (χ3n) is 3.44. The second-order valence-corrected chi connectivity index (χ2v) is 6.31. The molecule has 8 heteroatoms. The third-order valence-corrected chi connectivity index (χ3v) is 4.62. The predicted molar refractivity (Wildman–Crippen MR) is 97.0 cm³/mol. The molecule has 2 N–H and O–H groups in total. The summed E-state index contributed by atoms with van der Waals surface area (Å²) >= 11 is 6.84. The smallest absolute Gasteiger partial charge is 0.226 e. The molecule has 1 aromatic carbocycles. The Morgan fingerprint density at radius 3 is 2.96 bits per heavy atom. The number of rotatable bonds is 6. The quantitative estimate of drug-likeness (QED) is 0.658. The molecule has 0 unspecified atom stereocenters. The van der Waals surface area contributed by atoms with Gasteiger partial charge in [0.25, 0.3) is 0 Å². The summed E-state index contributed by atoms with van der Waals surface area (Å²) in [4.78, 5) is 13.2. The van der Waals surface area contributed by atoms with Gasteiger partial charge < -0.3 is 10.1 Å². The highest BCUT2D eigenvalue weighted by atomic mass is 32.1. The van der Waals surface area contributed by atoms with E-state index in [-0.39, 0.29) is 12.3 Å². The number of hydrogen-bond donors (Lipinski definition) is 2. The molecule has 0 spiro atoms. The zero-order valence-electron chi connectivity index (χ0n) is 13.0. The van der Waals surface area contributed by atoms with E-state index in [1.165, 1.54) is 0 Å². The summed E-state index contributed by atoms with van der Waals surface area (Å²) in [6.45, 7) is 0.448. The zero-order valence-corrected chi connectivity index (χ0v) is 14.6. The molecule has 0 saturated heterocycles. The van der Waals surface area contributed by atoms with E-state index < -0.39 is 0 Å². The Morgan fingerprint density at radius 2 is 2.21 bits per heavy atom. The van der Waals surface area contributed by atoms with E-state index in [0.717, 1.165) is 10.7 Å². The van der Waals surface area contributed by atoms with Gasteiger partial charge in [-0.15, -0.1) is 11.3 Å². The molecule has 0 aliphatic carbocycles. The summed E-state index contributed by atoms with van der Waals surface area (Å²) in [5, 5.41) is 11.9. The molecule has 0 aliphatic heterocycles. The van der Waals surface area contributed by atoms with Crippen LogP contribution in [0.15, 0.2) is 41.8 Å². The summed E-state index contributed by atoms with van der Waals surface area (Å²) in [5.41, 5.74) is 0.652. The number of nitrogens with zero attached hydrogens (tertiary/aromatic N) is 2. The normalized spacial score (nSPS) is 10.5. The fourth-order valence-corrected chi connectivity index (χ4v) is 3.24. The van der Waals surface area contributed by atoms with E-state index >= 15 is 0 Å². The Labute approximate surface area is 148 Å². The Balaban J connectivity index is 1.69. The number of carbonyl (C=O) groups excluding carboxylic acids is 1. The average molecular weight is 360 g/mol. The minimum absolute atomic E-state index is 0.111. The van der Waals surface area contributed by atoms with Crippen LogP contribution in [0.5, 0.6) is 5.75 Å². The van der Waals surface area contributed by atoms with Crippen molar-refractivity contribution in [1.82, 2.24) is 14.8 Å². The maximum absolute atomic E-state index is 12.2. The van der Waals surface area contributed by atoms with Crippen molar-refractivity contribution in [2.24, 2.45) is 0 Å². The van der Waals surface area contributed by atoms with Crippen LogP contribution in [0.4, 0.5) is 5.69 Å². The SMILES string of the molecule is COc1ccccc1NC(=O)CCn1c(-c2cccs2)n[nH]c1=S. The lowest BCUT2D eigenvalue weighted by atomic mass is 10.2. The first-order valence-corrected chi connectivity index (χ1v) is 8.60. The van der Waals surface area contributed by atoms with Crippen LogP contribution < -0.4 is 10.1 Å². The molecule has 3 rings (SSSR count). The minimum atomic E-state index is -0.111. The maximum Gasteiger partial charge on any atom is 0.226 e. The van der Waals surface area contributed by atoms with Crippen molar-refractivity contribution in [3.8, 4) is 16.5 Å². The van der Waals surface area contributed by atoms with Crippen molar-refractivity contribution in [1.29, 1.82) is 0 Å². The number of aromatic nitrogens is 3. The van der Waals surface area contributed by atoms with Crippen molar-refractivity contribution in [3.05, 3.63) is 46.5 Å². The Bertz CT molecular complexity index is 884. The first kappa shape index (κ1) is 16.4. The average Bonchev–Trinajstić information content (AvgIpc) is 3.23. The van der Waals surface area contributed by atoms with Crippen LogP contribution in [0, 0.1) is 4.77 Å². The summed E-state index contributed by atoms with van der Waals surface area (Å²) in [6, 6.07) is 11.2. The standard InChI is InChI=1S/C16H16N4O2S2/c1-22-12-6-3-2-5-11(12)17-14(21)8-9-20-15(18-19-16(20)23)13-7-4-10-24-13/h2-7,10H,8-9H2,1H3,(H,17,21)(H,19,23). The summed E-state index contributed by atoms with van der Waals surface area (Å²) in [7, 11) is 1.57. The van der Waals surface area contributed by atoms with Gasteiger partial charge in [-0.25, -0.2) is 0 Å². The van der Waals surface area contributed by atoms with Gasteiger partial charge in [0.2, 0.25) is 5.91 Å². The van der Waals surface area contributed by atoms with E-state index in [1.54, 1.807) is 30.6 Å². The van der Waals surface area contributed by atoms with Gasteiger partial charge in [-0.3, -0.25) is 14.5 Å². The van der Waals surface area contributed by atoms with Gasteiger partial charge in [-0.1, -0.05) is 18.2 Å². The monoisotopic (exact) mass is 360 g/mol. The Morgan fingerprint density at radius 1 is 1.38 bits per heavy atom. The Hall–Kier alpha value is -2.45. The van der Waals surface area contributed by atoms with Crippen LogP contribution in [0.25, 0.3) is 10.7 Å². The molecule has 0 aliphatic rings. The molecule has 0 saturated carbocycles. The number of carbonyl (C=O) groups is 1. The van der Waals surface area contributed by atoms with Gasteiger partial charge in [0.05, 0.1) is 17.7 Å². The van der Waals surface area contributed by atoms with Crippen molar-refractivity contribution in [3.63, 3.8) is 0 Å². The largest absolute Gasteiger partial charge is 0.495 e. The van der Waals surface area contributed by atoms with E-state index in [1.807, 2.05) is 34.2 Å². The van der Waals surface area contributed by atoms with E-state index in [4.69, 9.17) is 17.0 Å². The second-order valence-electron chi connectivity index (χ2n) is 4.98. The highest BCUT2D eigenvalue weighted by Crippen LogP contribution is 2.24. The number of nitrogens with one attached hydrogen (secondary N) is 2. The van der Waals surface area contributed by atoms with E-state index in [9.17, 15) is 4.79 Å². The van der Waals surface area contributed by atoms with Gasteiger partial charge in [0, 0.05) is 13.0 Å². The molecule has 1 amide bonds. The summed E-state index contributed by atoms with van der Waals surface area (Å²) in [5.74, 6) is 1.27. The highest BCUT2D eigenvalue weighted by molar-refractivity contribution is 7.71. The zero-order chi connectivity index (χ0) is 16.9. The Kier molecular flexibility index (Phi) is 5.07. The number of ether oxygens (including phenoxy) is 1. The van der Waals surface area contributed by atoms with Crippen LogP contribution in [0.3, 0.4) is 0 Å². The lowest BCUT2D eigenvalue weighted by molar-refractivity contribution is -0.116. The van der Waals surface area contributed by atoms with Crippen molar-refractivity contribution >= 4 is 35.1 Å². The molecular formula is C16H16N4O2S2. The third kappa shape index (κ3) is 3.55. The van der Waals surface area contributed by atoms with Crippen LogP contribution >= 0.6 is 23.6 Å². The van der Waals surface area contributed by atoms with Crippen LogP contribution in [-0.2, 0) is 11.3 Å². The van der Waals surface area contributed by atoms with Gasteiger partial charge >= 0.3 is 0 Å².